The predicted octanol–water partition coefficient (Wildman–Crippen LogP) is 1.58. The molecule has 0 aliphatic carbocycles. The van der Waals surface area contributed by atoms with Crippen molar-refractivity contribution in [2.24, 2.45) is 5.73 Å². The van der Waals surface area contributed by atoms with Crippen LogP contribution in [0, 0.1) is 0 Å². The van der Waals surface area contributed by atoms with Gasteiger partial charge in [-0.05, 0) is 28.1 Å². The number of halogens is 2. The van der Waals surface area contributed by atoms with Crippen molar-refractivity contribution >= 4 is 28.3 Å². The summed E-state index contributed by atoms with van der Waals surface area (Å²) in [7, 11) is 1.52. The van der Waals surface area contributed by atoms with E-state index in [1.54, 1.807) is 12.1 Å². The Kier molecular flexibility index (Phi) is 5.97. The number of aliphatic hydroxyl groups is 1. The third-order valence-electron chi connectivity index (χ3n) is 1.90. The molecule has 0 aliphatic heterocycles. The highest BCUT2D eigenvalue weighted by Crippen LogP contribution is 2.35. The fourth-order valence-electron chi connectivity index (χ4n) is 1.09. The van der Waals surface area contributed by atoms with E-state index in [0.29, 0.717) is 15.8 Å². The molecular formula is C9H13BrClNO3. The van der Waals surface area contributed by atoms with Crippen molar-refractivity contribution in [2.75, 3.05) is 13.7 Å². The van der Waals surface area contributed by atoms with Gasteiger partial charge in [0, 0.05) is 5.56 Å². The molecule has 0 bridgehead atoms. The van der Waals surface area contributed by atoms with E-state index < -0.39 is 6.04 Å². The minimum Gasteiger partial charge on any atom is -0.506 e. The van der Waals surface area contributed by atoms with Crippen molar-refractivity contribution < 1.29 is 14.9 Å². The molecule has 4 N–H and O–H groups in total. The third-order valence-corrected chi connectivity index (χ3v) is 2.50. The molecule has 0 spiro atoms. The molecule has 1 aromatic rings. The van der Waals surface area contributed by atoms with E-state index in [-0.39, 0.29) is 24.8 Å². The Morgan fingerprint density at radius 3 is 2.60 bits per heavy atom. The van der Waals surface area contributed by atoms with Crippen molar-refractivity contribution in [1.82, 2.24) is 0 Å². The summed E-state index contributed by atoms with van der Waals surface area (Å²) in [5.41, 5.74) is 6.06. The van der Waals surface area contributed by atoms with E-state index in [0.717, 1.165) is 0 Å². The molecule has 0 heterocycles. The number of methoxy groups -OCH3 is 1. The van der Waals surface area contributed by atoms with Crippen LogP contribution in [-0.4, -0.2) is 23.9 Å². The average Bonchev–Trinajstić information content (AvgIpc) is 2.20. The molecule has 1 aromatic carbocycles. The molecule has 0 amide bonds. The molecule has 4 nitrogen and oxygen atoms in total. The number of hydrogen-bond donors (Lipinski definition) is 3. The van der Waals surface area contributed by atoms with Gasteiger partial charge in [-0.25, -0.2) is 0 Å². The largest absolute Gasteiger partial charge is 0.506 e. The van der Waals surface area contributed by atoms with Crippen LogP contribution >= 0.6 is 28.3 Å². The van der Waals surface area contributed by atoms with E-state index >= 15 is 0 Å². The normalized spacial score (nSPS) is 11.7. The van der Waals surface area contributed by atoms with Gasteiger partial charge in [-0.3, -0.25) is 0 Å². The summed E-state index contributed by atoms with van der Waals surface area (Å²) in [6.45, 7) is -0.229. The highest BCUT2D eigenvalue weighted by atomic mass is 79.9. The van der Waals surface area contributed by atoms with Gasteiger partial charge in [0.15, 0.2) is 0 Å². The second kappa shape index (κ2) is 6.17. The number of rotatable bonds is 3. The Labute approximate surface area is 103 Å². The molecule has 6 heteroatoms. The van der Waals surface area contributed by atoms with Gasteiger partial charge < -0.3 is 20.7 Å². The van der Waals surface area contributed by atoms with Crippen LogP contribution in [-0.2, 0) is 0 Å². The first-order valence-corrected chi connectivity index (χ1v) is 4.82. The highest BCUT2D eigenvalue weighted by Gasteiger charge is 2.14. The Morgan fingerprint density at radius 1 is 1.53 bits per heavy atom. The molecule has 0 unspecified atom stereocenters. The van der Waals surface area contributed by atoms with Gasteiger partial charge in [0.1, 0.15) is 11.5 Å². The van der Waals surface area contributed by atoms with Crippen LogP contribution in [0.2, 0.25) is 0 Å². The summed E-state index contributed by atoms with van der Waals surface area (Å²) in [6, 6.07) is 2.62. The number of aromatic hydroxyl groups is 1. The van der Waals surface area contributed by atoms with Crippen LogP contribution < -0.4 is 10.5 Å². The first-order valence-electron chi connectivity index (χ1n) is 4.03. The van der Waals surface area contributed by atoms with E-state index in [4.69, 9.17) is 15.6 Å². The van der Waals surface area contributed by atoms with E-state index in [9.17, 15) is 5.11 Å². The van der Waals surface area contributed by atoms with E-state index in [2.05, 4.69) is 15.9 Å². The van der Waals surface area contributed by atoms with Gasteiger partial charge in [0.05, 0.1) is 24.2 Å². The number of phenolic OH excluding ortho intramolecular Hbond substituents is 1. The zero-order valence-electron chi connectivity index (χ0n) is 8.11. The molecule has 0 fully saturated rings. The van der Waals surface area contributed by atoms with Gasteiger partial charge in [0.2, 0.25) is 0 Å². The van der Waals surface area contributed by atoms with Gasteiger partial charge in [-0.15, -0.1) is 12.4 Å². The van der Waals surface area contributed by atoms with Crippen LogP contribution in [0.5, 0.6) is 11.5 Å². The smallest absolute Gasteiger partial charge is 0.134 e. The highest BCUT2D eigenvalue weighted by molar-refractivity contribution is 9.10. The lowest BCUT2D eigenvalue weighted by Crippen LogP contribution is -2.14. The van der Waals surface area contributed by atoms with Gasteiger partial charge in [-0.2, -0.15) is 0 Å². The van der Waals surface area contributed by atoms with Crippen molar-refractivity contribution in [3.05, 3.63) is 22.2 Å². The molecule has 0 aliphatic rings. The lowest BCUT2D eigenvalue weighted by atomic mass is 10.1. The molecule has 0 aromatic heterocycles. The lowest BCUT2D eigenvalue weighted by Gasteiger charge is -2.13. The fourth-order valence-corrected chi connectivity index (χ4v) is 1.55. The maximum Gasteiger partial charge on any atom is 0.134 e. The van der Waals surface area contributed by atoms with Gasteiger partial charge in [-0.1, -0.05) is 0 Å². The zero-order valence-corrected chi connectivity index (χ0v) is 10.5. The quantitative estimate of drug-likeness (QED) is 0.792. The Balaban J connectivity index is 0.00000196. The second-order valence-corrected chi connectivity index (χ2v) is 3.69. The average molecular weight is 299 g/mol. The fraction of sp³-hybridized carbons (Fsp3) is 0.333. The van der Waals surface area contributed by atoms with Crippen molar-refractivity contribution in [1.29, 1.82) is 0 Å². The number of aliphatic hydroxyl groups excluding tert-OH is 1. The van der Waals surface area contributed by atoms with Crippen LogP contribution in [0.4, 0.5) is 0 Å². The van der Waals surface area contributed by atoms with Crippen molar-refractivity contribution in [3.8, 4) is 11.5 Å². The second-order valence-electron chi connectivity index (χ2n) is 2.84. The Morgan fingerprint density at radius 2 is 2.13 bits per heavy atom. The topological polar surface area (TPSA) is 75.7 Å². The van der Waals surface area contributed by atoms with Crippen molar-refractivity contribution in [2.45, 2.75) is 6.04 Å². The maximum atomic E-state index is 9.63. The monoisotopic (exact) mass is 297 g/mol. The number of ether oxygens (including phenoxy) is 1. The summed E-state index contributed by atoms with van der Waals surface area (Å²) in [5.74, 6) is 0.612. The zero-order chi connectivity index (χ0) is 10.7. The Bertz CT molecular complexity index is 335. The number of nitrogens with two attached hydrogens (primary N) is 1. The minimum atomic E-state index is -0.610. The molecule has 0 saturated carbocycles. The lowest BCUT2D eigenvalue weighted by molar-refractivity contribution is 0.264. The summed E-state index contributed by atoms with van der Waals surface area (Å²) in [5, 5.41) is 18.5. The molecule has 0 saturated heterocycles. The first-order chi connectivity index (χ1) is 6.60. The SMILES string of the molecule is COc1cc(Br)c(O)c([C@@H](N)CO)c1.Cl. The van der Waals surface area contributed by atoms with E-state index in [1.165, 1.54) is 7.11 Å². The van der Waals surface area contributed by atoms with E-state index in [1.807, 2.05) is 0 Å². The summed E-state index contributed by atoms with van der Waals surface area (Å²) >= 11 is 3.17. The summed E-state index contributed by atoms with van der Waals surface area (Å²) in [6.07, 6.45) is 0. The van der Waals surface area contributed by atoms with Gasteiger partial charge >= 0.3 is 0 Å². The van der Waals surface area contributed by atoms with Crippen LogP contribution in [0.15, 0.2) is 16.6 Å². The molecular weight excluding hydrogens is 285 g/mol. The third kappa shape index (κ3) is 3.24. The number of benzene rings is 1. The van der Waals surface area contributed by atoms with Gasteiger partial charge in [0.25, 0.3) is 0 Å². The Hall–Kier alpha value is -0.490. The molecule has 1 atom stereocenters. The van der Waals surface area contributed by atoms with Crippen LogP contribution in [0.3, 0.4) is 0 Å². The molecule has 86 valence electrons. The molecule has 15 heavy (non-hydrogen) atoms. The van der Waals surface area contributed by atoms with Crippen LogP contribution in [0.25, 0.3) is 0 Å². The van der Waals surface area contributed by atoms with Crippen molar-refractivity contribution in [3.63, 3.8) is 0 Å². The first kappa shape index (κ1) is 14.5. The standard InChI is InChI=1S/C9H12BrNO3.ClH/c1-14-5-2-6(8(11)4-12)9(13)7(10)3-5;/h2-3,8,12-13H,4,11H2,1H3;1H/t8-;/m0./s1. The molecule has 0 radical (unpaired) electrons. The predicted molar refractivity (Wildman–Crippen MR) is 63.6 cm³/mol. The summed E-state index contributed by atoms with van der Waals surface area (Å²) < 4.78 is 5.50. The number of phenols is 1. The minimum absolute atomic E-state index is 0. The maximum absolute atomic E-state index is 9.63. The van der Waals surface area contributed by atoms with Crippen LogP contribution in [0.1, 0.15) is 11.6 Å². The summed E-state index contributed by atoms with van der Waals surface area (Å²) in [4.78, 5) is 0. The molecule has 1 rings (SSSR count). The number of hydrogen-bond acceptors (Lipinski definition) is 4.